The average Bonchev–Trinajstić information content (AvgIpc) is 2.68. The van der Waals surface area contributed by atoms with Crippen molar-refractivity contribution < 1.29 is 14.3 Å². The van der Waals surface area contributed by atoms with Crippen molar-refractivity contribution in [3.05, 3.63) is 0 Å². The van der Waals surface area contributed by atoms with E-state index in [2.05, 4.69) is 0 Å². The fraction of sp³-hybridized carbons (Fsp3) is 0.818. The third-order valence-corrected chi connectivity index (χ3v) is 3.34. The lowest BCUT2D eigenvalue weighted by Gasteiger charge is -2.34. The fourth-order valence-electron chi connectivity index (χ4n) is 2.66. The van der Waals surface area contributed by atoms with Crippen LogP contribution in [0.25, 0.3) is 0 Å². The highest BCUT2D eigenvalue weighted by Gasteiger charge is 2.42. The number of nitrogens with zero attached hydrogens (tertiary/aromatic N) is 1. The Kier molecular flexibility index (Phi) is 2.93. The molecule has 2 heterocycles. The van der Waals surface area contributed by atoms with Crippen molar-refractivity contribution in [2.24, 2.45) is 5.92 Å². The Labute approximate surface area is 89.6 Å². The summed E-state index contributed by atoms with van der Waals surface area (Å²) >= 11 is 0. The standard InChI is InChI=1S/C11H17NO3/c1-2-15-11(14)8-5-6-10(13)12-7-3-4-9(8)12/h8-9H,2-7H2,1H3/t8-,9-/m1/s1. The fourth-order valence-corrected chi connectivity index (χ4v) is 2.66. The minimum atomic E-state index is -0.123. The van der Waals surface area contributed by atoms with Gasteiger partial charge in [-0.15, -0.1) is 0 Å². The summed E-state index contributed by atoms with van der Waals surface area (Å²) < 4.78 is 5.05. The number of amides is 1. The van der Waals surface area contributed by atoms with Gasteiger partial charge in [-0.1, -0.05) is 0 Å². The molecular weight excluding hydrogens is 194 g/mol. The number of hydrogen-bond donors (Lipinski definition) is 0. The molecule has 0 aromatic heterocycles. The number of ether oxygens (including phenoxy) is 1. The Hall–Kier alpha value is -1.06. The molecule has 2 rings (SSSR count). The van der Waals surface area contributed by atoms with Crippen LogP contribution < -0.4 is 0 Å². The first-order valence-electron chi connectivity index (χ1n) is 5.70. The van der Waals surface area contributed by atoms with E-state index in [1.807, 2.05) is 11.8 Å². The minimum Gasteiger partial charge on any atom is -0.466 e. The molecule has 1 amide bonds. The van der Waals surface area contributed by atoms with Crippen LogP contribution in [0.1, 0.15) is 32.6 Å². The molecule has 0 aromatic carbocycles. The Bertz CT molecular complexity index is 277. The lowest BCUT2D eigenvalue weighted by atomic mass is 9.89. The summed E-state index contributed by atoms with van der Waals surface area (Å²) in [7, 11) is 0. The molecule has 2 aliphatic rings. The molecule has 0 aliphatic carbocycles. The topological polar surface area (TPSA) is 46.6 Å². The van der Waals surface area contributed by atoms with Crippen LogP contribution in [-0.4, -0.2) is 36.0 Å². The molecule has 0 bridgehead atoms. The van der Waals surface area contributed by atoms with Crippen molar-refractivity contribution in [2.45, 2.75) is 38.6 Å². The lowest BCUT2D eigenvalue weighted by Crippen LogP contribution is -2.47. The van der Waals surface area contributed by atoms with Crippen LogP contribution in [0.3, 0.4) is 0 Å². The summed E-state index contributed by atoms with van der Waals surface area (Å²) in [6.45, 7) is 3.06. The zero-order chi connectivity index (χ0) is 10.8. The molecule has 0 spiro atoms. The van der Waals surface area contributed by atoms with Gasteiger partial charge < -0.3 is 9.64 Å². The molecule has 4 nitrogen and oxygen atoms in total. The lowest BCUT2D eigenvalue weighted by molar-refractivity contribution is -0.154. The van der Waals surface area contributed by atoms with E-state index in [0.717, 1.165) is 19.4 Å². The van der Waals surface area contributed by atoms with Crippen LogP contribution in [0.5, 0.6) is 0 Å². The molecule has 4 heteroatoms. The quantitative estimate of drug-likeness (QED) is 0.639. The molecule has 0 saturated carbocycles. The number of carbonyl (C=O) groups excluding carboxylic acids is 2. The molecule has 84 valence electrons. The molecule has 2 saturated heterocycles. The second-order valence-electron chi connectivity index (χ2n) is 4.19. The molecule has 0 aromatic rings. The normalized spacial score (nSPS) is 30.2. The maximum absolute atomic E-state index is 11.7. The highest BCUT2D eigenvalue weighted by atomic mass is 16.5. The van der Waals surface area contributed by atoms with Crippen molar-refractivity contribution in [1.82, 2.24) is 4.90 Å². The molecule has 2 aliphatic heterocycles. The highest BCUT2D eigenvalue weighted by Crippen LogP contribution is 2.33. The van der Waals surface area contributed by atoms with Crippen molar-refractivity contribution in [2.75, 3.05) is 13.2 Å². The predicted molar refractivity (Wildman–Crippen MR) is 54.1 cm³/mol. The molecular formula is C11H17NO3. The van der Waals surface area contributed by atoms with Gasteiger partial charge >= 0.3 is 5.97 Å². The van der Waals surface area contributed by atoms with E-state index in [9.17, 15) is 9.59 Å². The number of rotatable bonds is 2. The van der Waals surface area contributed by atoms with Gasteiger partial charge in [-0.3, -0.25) is 9.59 Å². The van der Waals surface area contributed by atoms with Crippen LogP contribution >= 0.6 is 0 Å². The maximum atomic E-state index is 11.7. The summed E-state index contributed by atoms with van der Waals surface area (Å²) in [5.41, 5.74) is 0. The van der Waals surface area contributed by atoms with Gasteiger partial charge in [0.05, 0.1) is 12.5 Å². The molecule has 2 atom stereocenters. The number of esters is 1. The van der Waals surface area contributed by atoms with Gasteiger partial charge in [0.25, 0.3) is 0 Å². The Morgan fingerprint density at radius 1 is 1.53 bits per heavy atom. The second-order valence-corrected chi connectivity index (χ2v) is 4.19. The van der Waals surface area contributed by atoms with Gasteiger partial charge in [-0.05, 0) is 26.2 Å². The van der Waals surface area contributed by atoms with Crippen LogP contribution in [0.2, 0.25) is 0 Å². The van der Waals surface area contributed by atoms with Crippen molar-refractivity contribution in [3.63, 3.8) is 0 Å². The summed E-state index contributed by atoms with van der Waals surface area (Å²) in [6.07, 6.45) is 3.14. The van der Waals surface area contributed by atoms with Crippen LogP contribution in [-0.2, 0) is 14.3 Å². The van der Waals surface area contributed by atoms with E-state index < -0.39 is 0 Å². The Balaban J connectivity index is 2.07. The van der Waals surface area contributed by atoms with Crippen LogP contribution in [0.15, 0.2) is 0 Å². The zero-order valence-electron chi connectivity index (χ0n) is 9.07. The first kappa shape index (κ1) is 10.5. The number of fused-ring (bicyclic) bond motifs is 1. The van der Waals surface area contributed by atoms with Gasteiger partial charge in [-0.25, -0.2) is 0 Å². The van der Waals surface area contributed by atoms with Crippen molar-refractivity contribution >= 4 is 11.9 Å². The Morgan fingerprint density at radius 3 is 3.07 bits per heavy atom. The van der Waals surface area contributed by atoms with Crippen LogP contribution in [0, 0.1) is 5.92 Å². The number of hydrogen-bond acceptors (Lipinski definition) is 3. The maximum Gasteiger partial charge on any atom is 0.311 e. The predicted octanol–water partition coefficient (Wildman–Crippen LogP) is 0.951. The summed E-state index contributed by atoms with van der Waals surface area (Å²) in [4.78, 5) is 25.1. The monoisotopic (exact) mass is 211 g/mol. The molecule has 0 radical (unpaired) electrons. The number of piperidine rings is 1. The van der Waals surface area contributed by atoms with E-state index >= 15 is 0 Å². The molecule has 15 heavy (non-hydrogen) atoms. The Morgan fingerprint density at radius 2 is 2.33 bits per heavy atom. The van der Waals surface area contributed by atoms with Gasteiger partial charge in [-0.2, -0.15) is 0 Å². The van der Waals surface area contributed by atoms with Crippen molar-refractivity contribution in [1.29, 1.82) is 0 Å². The van der Waals surface area contributed by atoms with E-state index in [1.54, 1.807) is 0 Å². The van der Waals surface area contributed by atoms with E-state index in [1.165, 1.54) is 0 Å². The summed E-state index contributed by atoms with van der Waals surface area (Å²) in [5, 5.41) is 0. The first-order chi connectivity index (χ1) is 7.24. The molecule has 2 fully saturated rings. The van der Waals surface area contributed by atoms with Gasteiger partial charge in [0, 0.05) is 19.0 Å². The van der Waals surface area contributed by atoms with Gasteiger partial charge in [0.15, 0.2) is 0 Å². The van der Waals surface area contributed by atoms with E-state index in [4.69, 9.17) is 4.74 Å². The summed E-state index contributed by atoms with van der Waals surface area (Å²) in [6, 6.07) is 0.116. The van der Waals surface area contributed by atoms with E-state index in [0.29, 0.717) is 19.4 Å². The second kappa shape index (κ2) is 4.21. The highest BCUT2D eigenvalue weighted by molar-refractivity contribution is 5.82. The van der Waals surface area contributed by atoms with Gasteiger partial charge in [0.2, 0.25) is 5.91 Å². The molecule has 0 N–H and O–H groups in total. The smallest absolute Gasteiger partial charge is 0.311 e. The minimum absolute atomic E-state index is 0.0786. The third kappa shape index (κ3) is 1.85. The van der Waals surface area contributed by atoms with Crippen LogP contribution in [0.4, 0.5) is 0 Å². The first-order valence-corrected chi connectivity index (χ1v) is 5.70. The third-order valence-electron chi connectivity index (χ3n) is 3.34. The van der Waals surface area contributed by atoms with E-state index in [-0.39, 0.29) is 23.8 Å². The van der Waals surface area contributed by atoms with Gasteiger partial charge in [0.1, 0.15) is 0 Å². The largest absolute Gasteiger partial charge is 0.466 e. The molecule has 0 unspecified atom stereocenters. The SMILES string of the molecule is CCOC(=O)[C@@H]1CCC(=O)N2CCC[C@H]12. The zero-order valence-corrected chi connectivity index (χ0v) is 9.07. The summed E-state index contributed by atoms with van der Waals surface area (Å²) in [5.74, 6) is 0.00472. The van der Waals surface area contributed by atoms with Crippen molar-refractivity contribution in [3.8, 4) is 0 Å². The average molecular weight is 211 g/mol. The number of carbonyl (C=O) groups is 2.